The van der Waals surface area contributed by atoms with E-state index in [2.05, 4.69) is 15.2 Å². The van der Waals surface area contributed by atoms with E-state index >= 15 is 0 Å². The maximum absolute atomic E-state index is 11.8. The molecule has 0 radical (unpaired) electrons. The van der Waals surface area contributed by atoms with E-state index < -0.39 is 0 Å². The van der Waals surface area contributed by atoms with Crippen LogP contribution in [0.1, 0.15) is 43.0 Å². The van der Waals surface area contributed by atoms with Crippen molar-refractivity contribution >= 4 is 22.4 Å². The average molecular weight is 266 g/mol. The molecule has 2 aliphatic rings. The summed E-state index contributed by atoms with van der Waals surface area (Å²) >= 11 is 1.47. The van der Waals surface area contributed by atoms with Crippen LogP contribution in [0.5, 0.6) is 0 Å². The first-order valence-electron chi connectivity index (χ1n) is 6.73. The number of aromatic nitrogens is 2. The molecule has 0 atom stereocenters. The minimum absolute atomic E-state index is 0.0506. The van der Waals surface area contributed by atoms with Crippen LogP contribution in [-0.2, 0) is 0 Å². The summed E-state index contributed by atoms with van der Waals surface area (Å²) in [5.74, 6) is 0.541. The Balaban J connectivity index is 1.58. The standard InChI is InChI=1S/C12H18N4OS/c17-10(8-16-6-2-1-3-7-16)13-12-15-14-11(18-12)9-4-5-9/h9H,1-8H2,(H,13,15,17). The van der Waals surface area contributed by atoms with Gasteiger partial charge in [-0.15, -0.1) is 10.2 Å². The number of likely N-dealkylation sites (tertiary alicyclic amines) is 1. The summed E-state index contributed by atoms with van der Waals surface area (Å²) in [5.41, 5.74) is 0. The SMILES string of the molecule is [O-]C(C[NH+]1CCCCC1)=Nc1nnc(C2CC2)s1. The second-order valence-electron chi connectivity index (χ2n) is 5.19. The molecule has 1 saturated heterocycles. The molecule has 0 unspecified atom stereocenters. The quantitative estimate of drug-likeness (QED) is 0.610. The Morgan fingerprint density at radius 1 is 1.28 bits per heavy atom. The normalized spacial score (nSPS) is 22.3. The number of rotatable bonds is 4. The molecule has 0 bridgehead atoms. The minimum atomic E-state index is -0.0506. The van der Waals surface area contributed by atoms with Crippen molar-refractivity contribution in [2.45, 2.75) is 38.0 Å². The van der Waals surface area contributed by atoms with Gasteiger partial charge in [-0.25, -0.2) is 4.99 Å². The van der Waals surface area contributed by atoms with Crippen LogP contribution >= 0.6 is 11.3 Å². The highest BCUT2D eigenvalue weighted by molar-refractivity contribution is 7.15. The third kappa shape index (κ3) is 3.05. The molecule has 1 aromatic heterocycles. The van der Waals surface area contributed by atoms with Gasteiger partial charge in [0.25, 0.3) is 0 Å². The summed E-state index contributed by atoms with van der Waals surface area (Å²) < 4.78 is 0. The molecule has 18 heavy (non-hydrogen) atoms. The lowest BCUT2D eigenvalue weighted by atomic mass is 10.1. The largest absolute Gasteiger partial charge is 0.858 e. The molecule has 1 saturated carbocycles. The molecule has 98 valence electrons. The van der Waals surface area contributed by atoms with Gasteiger partial charge in [-0.3, -0.25) is 0 Å². The van der Waals surface area contributed by atoms with Gasteiger partial charge < -0.3 is 10.0 Å². The number of quaternary nitrogens is 1. The Hall–Kier alpha value is -1.01. The molecule has 1 aliphatic heterocycles. The van der Waals surface area contributed by atoms with Crippen molar-refractivity contribution < 1.29 is 10.0 Å². The summed E-state index contributed by atoms with van der Waals surface area (Å²) in [6.45, 7) is 2.72. The maximum atomic E-state index is 11.8. The van der Waals surface area contributed by atoms with Gasteiger partial charge in [-0.1, -0.05) is 11.3 Å². The van der Waals surface area contributed by atoms with E-state index in [1.807, 2.05) is 0 Å². The van der Waals surface area contributed by atoms with Crippen LogP contribution in [0.15, 0.2) is 4.99 Å². The van der Waals surface area contributed by atoms with E-state index in [0.717, 1.165) is 18.1 Å². The third-order valence-electron chi connectivity index (χ3n) is 3.54. The van der Waals surface area contributed by atoms with Crippen LogP contribution in [0.2, 0.25) is 0 Å². The Kier molecular flexibility index (Phi) is 3.56. The third-order valence-corrected chi connectivity index (χ3v) is 4.52. The summed E-state index contributed by atoms with van der Waals surface area (Å²) in [5, 5.41) is 21.5. The van der Waals surface area contributed by atoms with Crippen LogP contribution in [0.25, 0.3) is 0 Å². The first kappa shape index (κ1) is 12.0. The van der Waals surface area contributed by atoms with Crippen LogP contribution in [0, 0.1) is 0 Å². The molecular weight excluding hydrogens is 248 g/mol. The average Bonchev–Trinajstić information content (AvgIpc) is 3.12. The van der Waals surface area contributed by atoms with E-state index in [4.69, 9.17) is 0 Å². The van der Waals surface area contributed by atoms with Crippen molar-refractivity contribution in [1.82, 2.24) is 10.2 Å². The molecule has 5 nitrogen and oxygen atoms in total. The second-order valence-corrected chi connectivity index (χ2v) is 6.18. The van der Waals surface area contributed by atoms with Gasteiger partial charge in [0, 0.05) is 11.8 Å². The Labute approximate surface area is 111 Å². The summed E-state index contributed by atoms with van der Waals surface area (Å²) in [6, 6.07) is 0. The van der Waals surface area contributed by atoms with Gasteiger partial charge in [-0.05, 0) is 32.1 Å². The molecule has 3 rings (SSSR count). The number of aliphatic imine (C=N–C) groups is 1. The van der Waals surface area contributed by atoms with Gasteiger partial charge >= 0.3 is 0 Å². The predicted octanol–water partition coefficient (Wildman–Crippen LogP) is -0.125. The van der Waals surface area contributed by atoms with E-state index in [-0.39, 0.29) is 5.90 Å². The fraction of sp³-hybridized carbons (Fsp3) is 0.750. The Bertz CT molecular complexity index is 435. The van der Waals surface area contributed by atoms with E-state index in [1.165, 1.54) is 48.3 Å². The van der Waals surface area contributed by atoms with E-state index in [9.17, 15) is 5.11 Å². The lowest BCUT2D eigenvalue weighted by molar-refractivity contribution is -0.897. The number of hydrogen-bond acceptors (Lipinski definition) is 5. The van der Waals surface area contributed by atoms with Gasteiger partial charge in [0.05, 0.1) is 13.1 Å². The molecular formula is C12H18N4OS. The molecule has 0 amide bonds. The van der Waals surface area contributed by atoms with Crippen molar-refractivity contribution in [2.24, 2.45) is 4.99 Å². The highest BCUT2D eigenvalue weighted by Crippen LogP contribution is 2.42. The lowest BCUT2D eigenvalue weighted by Gasteiger charge is -2.25. The van der Waals surface area contributed by atoms with Gasteiger partial charge in [0.1, 0.15) is 11.6 Å². The fourth-order valence-electron chi connectivity index (χ4n) is 2.36. The van der Waals surface area contributed by atoms with E-state index in [1.54, 1.807) is 0 Å². The van der Waals surface area contributed by atoms with Crippen molar-refractivity contribution in [1.29, 1.82) is 0 Å². The van der Waals surface area contributed by atoms with Crippen molar-refractivity contribution in [3.8, 4) is 0 Å². The second kappa shape index (κ2) is 5.32. The van der Waals surface area contributed by atoms with Crippen LogP contribution in [0.4, 0.5) is 5.13 Å². The zero-order valence-electron chi connectivity index (χ0n) is 10.4. The molecule has 0 aromatic carbocycles. The smallest absolute Gasteiger partial charge is 0.230 e. The Morgan fingerprint density at radius 3 is 2.78 bits per heavy atom. The summed E-state index contributed by atoms with van der Waals surface area (Å²) in [6.07, 6.45) is 6.18. The number of nitrogens with zero attached hydrogens (tertiary/aromatic N) is 3. The fourth-order valence-corrected chi connectivity index (χ4v) is 3.26. The zero-order chi connectivity index (χ0) is 12.4. The van der Waals surface area contributed by atoms with Crippen LogP contribution < -0.4 is 10.0 Å². The van der Waals surface area contributed by atoms with Crippen LogP contribution in [-0.4, -0.2) is 35.7 Å². The monoisotopic (exact) mass is 266 g/mol. The van der Waals surface area contributed by atoms with Crippen molar-refractivity contribution in [3.63, 3.8) is 0 Å². The molecule has 1 N–H and O–H groups in total. The molecule has 2 heterocycles. The van der Waals surface area contributed by atoms with Crippen molar-refractivity contribution in [3.05, 3.63) is 5.01 Å². The highest BCUT2D eigenvalue weighted by atomic mass is 32.1. The molecule has 6 heteroatoms. The topological polar surface area (TPSA) is 65.6 Å². The van der Waals surface area contributed by atoms with Gasteiger partial charge in [-0.2, -0.15) is 0 Å². The summed E-state index contributed by atoms with van der Waals surface area (Å²) in [7, 11) is 0. The van der Waals surface area contributed by atoms with Crippen molar-refractivity contribution in [2.75, 3.05) is 19.6 Å². The lowest BCUT2D eigenvalue weighted by Crippen LogP contribution is -3.14. The Morgan fingerprint density at radius 2 is 2.06 bits per heavy atom. The number of piperidine rings is 1. The zero-order valence-corrected chi connectivity index (χ0v) is 11.2. The number of nitrogens with one attached hydrogen (secondary N) is 1. The molecule has 0 spiro atoms. The van der Waals surface area contributed by atoms with Gasteiger partial charge in [0.15, 0.2) is 0 Å². The minimum Gasteiger partial charge on any atom is -0.858 e. The predicted molar refractivity (Wildman–Crippen MR) is 68.4 cm³/mol. The van der Waals surface area contributed by atoms with Gasteiger partial charge in [0.2, 0.25) is 5.13 Å². The van der Waals surface area contributed by atoms with E-state index in [0.29, 0.717) is 17.6 Å². The first-order chi connectivity index (χ1) is 8.81. The molecule has 2 fully saturated rings. The molecule has 1 aliphatic carbocycles. The first-order valence-corrected chi connectivity index (χ1v) is 7.54. The molecule has 1 aromatic rings. The van der Waals surface area contributed by atoms with Crippen LogP contribution in [0.3, 0.4) is 0 Å². The number of hydrogen-bond donors (Lipinski definition) is 1. The highest BCUT2D eigenvalue weighted by Gasteiger charge is 2.27. The maximum Gasteiger partial charge on any atom is 0.230 e. The summed E-state index contributed by atoms with van der Waals surface area (Å²) in [4.78, 5) is 5.43.